The van der Waals surface area contributed by atoms with E-state index in [4.69, 9.17) is 0 Å². The van der Waals surface area contributed by atoms with Gasteiger partial charge in [0.2, 0.25) is 0 Å². The minimum Gasteiger partial charge on any atom is -0.390 e. The number of carbonyl (C=O) groups excluding carboxylic acids is 1. The molecule has 4 aliphatic carbocycles. The van der Waals surface area contributed by atoms with Gasteiger partial charge in [0.25, 0.3) is 0 Å². The average Bonchev–Trinajstić information content (AvgIpc) is 3.03. The van der Waals surface area contributed by atoms with Crippen LogP contribution < -0.4 is 0 Å². The molecule has 2 amide bonds. The lowest BCUT2D eigenvalue weighted by atomic mass is 9.52. The van der Waals surface area contributed by atoms with Crippen LogP contribution in [-0.2, 0) is 6.54 Å². The molecule has 3 atom stereocenters. The van der Waals surface area contributed by atoms with Crippen molar-refractivity contribution in [3.05, 3.63) is 35.4 Å². The van der Waals surface area contributed by atoms with Crippen molar-refractivity contribution in [3.63, 3.8) is 0 Å². The van der Waals surface area contributed by atoms with Crippen molar-refractivity contribution in [1.82, 2.24) is 9.80 Å². The average molecular weight is 324 g/mol. The molecule has 1 saturated heterocycles. The van der Waals surface area contributed by atoms with E-state index in [0.29, 0.717) is 23.8 Å². The highest BCUT2D eigenvalue weighted by atomic mass is 16.3. The highest BCUT2D eigenvalue weighted by molar-refractivity contribution is 5.79. The van der Waals surface area contributed by atoms with E-state index in [1.165, 1.54) is 24.0 Å². The normalized spacial score (nSPS) is 45.0. The molecule has 4 bridgehead atoms. The Balaban J connectivity index is 1.32. The van der Waals surface area contributed by atoms with Gasteiger partial charge in [-0.25, -0.2) is 4.79 Å². The van der Waals surface area contributed by atoms with Crippen molar-refractivity contribution < 1.29 is 9.90 Å². The largest absolute Gasteiger partial charge is 0.390 e. The summed E-state index contributed by atoms with van der Waals surface area (Å²) in [4.78, 5) is 17.4. The quantitative estimate of drug-likeness (QED) is 0.863. The second-order valence-corrected chi connectivity index (χ2v) is 8.96. The maximum atomic E-state index is 13.1. The summed E-state index contributed by atoms with van der Waals surface area (Å²) in [6.45, 7) is 1.61. The van der Waals surface area contributed by atoms with E-state index in [0.717, 1.165) is 32.4 Å². The molecule has 2 aliphatic heterocycles. The van der Waals surface area contributed by atoms with Crippen molar-refractivity contribution in [2.75, 3.05) is 6.54 Å². The van der Waals surface area contributed by atoms with Gasteiger partial charge in [0, 0.05) is 19.1 Å². The van der Waals surface area contributed by atoms with Gasteiger partial charge < -0.3 is 14.9 Å². The van der Waals surface area contributed by atoms with Crippen molar-refractivity contribution in [3.8, 4) is 0 Å². The Labute approximate surface area is 142 Å². The van der Waals surface area contributed by atoms with E-state index in [2.05, 4.69) is 34.1 Å². The lowest BCUT2D eigenvalue weighted by molar-refractivity contribution is -0.152. The highest BCUT2D eigenvalue weighted by Gasteiger charge is 2.58. The molecule has 1 aromatic rings. The zero-order valence-corrected chi connectivity index (χ0v) is 13.9. The van der Waals surface area contributed by atoms with E-state index in [9.17, 15) is 9.90 Å². The van der Waals surface area contributed by atoms with Crippen molar-refractivity contribution in [2.45, 2.75) is 56.3 Å². The first-order valence-electron chi connectivity index (χ1n) is 9.49. The van der Waals surface area contributed by atoms with Gasteiger partial charge in [0.05, 0.1) is 11.6 Å². The van der Waals surface area contributed by atoms with Crippen LogP contribution in [0.5, 0.6) is 0 Å². The third-order valence-corrected chi connectivity index (χ3v) is 7.54. The van der Waals surface area contributed by atoms with Crippen molar-refractivity contribution >= 4 is 6.03 Å². The second-order valence-electron chi connectivity index (χ2n) is 8.96. The molecule has 4 nitrogen and oxygen atoms in total. The van der Waals surface area contributed by atoms with Gasteiger partial charge in [0.1, 0.15) is 0 Å². The number of urea groups is 1. The number of amides is 2. The maximum Gasteiger partial charge on any atom is 0.321 e. The summed E-state index contributed by atoms with van der Waals surface area (Å²) in [6.07, 6.45) is 5.26. The van der Waals surface area contributed by atoms with E-state index >= 15 is 0 Å². The van der Waals surface area contributed by atoms with Crippen LogP contribution in [0.2, 0.25) is 0 Å². The van der Waals surface area contributed by atoms with E-state index in [-0.39, 0.29) is 12.1 Å². The molecule has 24 heavy (non-hydrogen) atoms. The van der Waals surface area contributed by atoms with Gasteiger partial charge in [-0.05, 0) is 61.0 Å². The molecule has 6 aliphatic rings. The van der Waals surface area contributed by atoms with Gasteiger partial charge in [-0.1, -0.05) is 24.3 Å². The third-order valence-electron chi connectivity index (χ3n) is 7.54. The van der Waals surface area contributed by atoms with Crippen molar-refractivity contribution in [1.29, 1.82) is 0 Å². The monoisotopic (exact) mass is 324 g/mol. The maximum absolute atomic E-state index is 13.1. The summed E-state index contributed by atoms with van der Waals surface area (Å²) in [7, 11) is 0. The van der Waals surface area contributed by atoms with Gasteiger partial charge in [0.15, 0.2) is 0 Å². The SMILES string of the molecule is O=C1N2Cc3ccccc3C2CN1C1C2CC3CC1CC(O)(C3)C2. The molecular formula is C20H24N2O2. The Kier molecular flexibility index (Phi) is 2.48. The van der Waals surface area contributed by atoms with Crippen LogP contribution in [0, 0.1) is 17.8 Å². The Bertz CT molecular complexity index is 716. The number of aliphatic hydroxyl groups is 1. The van der Waals surface area contributed by atoms with Crippen LogP contribution in [0.25, 0.3) is 0 Å². The Hall–Kier alpha value is -1.55. The number of fused-ring (bicyclic) bond motifs is 3. The number of carbonyl (C=O) groups is 1. The number of hydrogen-bond donors (Lipinski definition) is 1. The zero-order chi connectivity index (χ0) is 16.1. The van der Waals surface area contributed by atoms with Crippen LogP contribution >= 0.6 is 0 Å². The lowest BCUT2D eigenvalue weighted by Gasteiger charge is -2.59. The fourth-order valence-corrected chi connectivity index (χ4v) is 7.00. The van der Waals surface area contributed by atoms with Crippen molar-refractivity contribution in [2.24, 2.45) is 17.8 Å². The van der Waals surface area contributed by atoms with Crippen LogP contribution in [0.1, 0.15) is 49.3 Å². The van der Waals surface area contributed by atoms with E-state index in [1.54, 1.807) is 0 Å². The highest BCUT2D eigenvalue weighted by Crippen LogP contribution is 2.58. The Morgan fingerprint density at radius 3 is 2.54 bits per heavy atom. The number of rotatable bonds is 1. The predicted molar refractivity (Wildman–Crippen MR) is 89.1 cm³/mol. The summed E-state index contributed by atoms with van der Waals surface area (Å²) >= 11 is 0. The van der Waals surface area contributed by atoms with Crippen LogP contribution in [0.3, 0.4) is 0 Å². The minimum absolute atomic E-state index is 0.237. The summed E-state index contributed by atoms with van der Waals surface area (Å²) in [5, 5.41) is 10.8. The standard InChI is InChI=1S/C20H24N2O2/c23-19-21-10-13-3-1-2-4-16(13)17(21)11-22(19)18-14-5-12-6-15(18)9-20(24,7-12)8-14/h1-4,12,14-15,17-18,24H,5-11H2. The van der Waals surface area contributed by atoms with Gasteiger partial charge in [-0.3, -0.25) is 0 Å². The first-order chi connectivity index (χ1) is 11.6. The first kappa shape index (κ1) is 13.7. The molecule has 0 aromatic heterocycles. The topological polar surface area (TPSA) is 43.8 Å². The Morgan fingerprint density at radius 2 is 1.79 bits per heavy atom. The first-order valence-corrected chi connectivity index (χ1v) is 9.49. The molecule has 1 aromatic carbocycles. The number of hydrogen-bond acceptors (Lipinski definition) is 2. The van der Waals surface area contributed by atoms with Crippen LogP contribution in [0.15, 0.2) is 24.3 Å². The summed E-state index contributed by atoms with van der Waals surface area (Å²) in [5.74, 6) is 1.72. The molecule has 2 heterocycles. The fourth-order valence-electron chi connectivity index (χ4n) is 7.00. The molecule has 4 saturated carbocycles. The minimum atomic E-state index is -0.418. The van der Waals surface area contributed by atoms with E-state index in [1.807, 2.05) is 0 Å². The number of benzene rings is 1. The Morgan fingerprint density at radius 1 is 1.04 bits per heavy atom. The molecule has 5 fully saturated rings. The molecule has 7 rings (SSSR count). The summed E-state index contributed by atoms with van der Waals surface area (Å²) in [5.41, 5.74) is 2.24. The van der Waals surface area contributed by atoms with Gasteiger partial charge in [-0.15, -0.1) is 0 Å². The molecule has 0 radical (unpaired) electrons. The molecule has 3 unspecified atom stereocenters. The molecule has 1 N–H and O–H groups in total. The van der Waals surface area contributed by atoms with Crippen LogP contribution in [-0.4, -0.2) is 39.1 Å². The third kappa shape index (κ3) is 1.65. The summed E-state index contributed by atoms with van der Waals surface area (Å²) in [6, 6.07) is 9.36. The lowest BCUT2D eigenvalue weighted by Crippen LogP contribution is -2.62. The molecular weight excluding hydrogens is 300 g/mol. The second kappa shape index (κ2) is 4.34. The van der Waals surface area contributed by atoms with Crippen LogP contribution in [0.4, 0.5) is 4.79 Å². The van der Waals surface area contributed by atoms with Gasteiger partial charge >= 0.3 is 6.03 Å². The molecule has 4 heteroatoms. The predicted octanol–water partition coefficient (Wildman–Crippen LogP) is 2.92. The fraction of sp³-hybridized carbons (Fsp3) is 0.650. The number of nitrogens with zero attached hydrogens (tertiary/aromatic N) is 2. The zero-order valence-electron chi connectivity index (χ0n) is 13.9. The molecule has 0 spiro atoms. The molecule has 126 valence electrons. The van der Waals surface area contributed by atoms with E-state index < -0.39 is 5.60 Å². The summed E-state index contributed by atoms with van der Waals surface area (Å²) < 4.78 is 0. The van der Waals surface area contributed by atoms with Gasteiger partial charge in [-0.2, -0.15) is 0 Å². The smallest absolute Gasteiger partial charge is 0.321 e.